The fourth-order valence-corrected chi connectivity index (χ4v) is 3.53. The molecule has 1 aliphatic rings. The van der Waals surface area contributed by atoms with Gasteiger partial charge in [0, 0.05) is 12.1 Å². The molecule has 0 spiro atoms. The van der Waals surface area contributed by atoms with Crippen LogP contribution in [0.15, 0.2) is 0 Å². The van der Waals surface area contributed by atoms with Crippen LogP contribution in [0.5, 0.6) is 0 Å². The van der Waals surface area contributed by atoms with Crippen molar-refractivity contribution < 1.29 is 8.42 Å². The molecule has 1 N–H and O–H groups in total. The van der Waals surface area contributed by atoms with E-state index >= 15 is 0 Å². The van der Waals surface area contributed by atoms with E-state index in [0.29, 0.717) is 17.5 Å². The molecule has 3 nitrogen and oxygen atoms in total. The van der Waals surface area contributed by atoms with Crippen molar-refractivity contribution in [3.8, 4) is 0 Å². The summed E-state index contributed by atoms with van der Waals surface area (Å²) < 4.78 is 22.3. The van der Waals surface area contributed by atoms with Crippen LogP contribution in [0.25, 0.3) is 0 Å². The molecule has 1 saturated heterocycles. The first kappa shape index (κ1) is 11.0. The SMILES string of the molecule is CCC[C@@H](C)N[C@@H]1CCS(=O)(=O)C1. The summed E-state index contributed by atoms with van der Waals surface area (Å²) in [5.74, 6) is 0.699. The first-order valence-electron chi connectivity index (χ1n) is 5.00. The van der Waals surface area contributed by atoms with E-state index in [4.69, 9.17) is 0 Å². The maximum absolute atomic E-state index is 11.1. The molecule has 0 saturated carbocycles. The fourth-order valence-electron chi connectivity index (χ4n) is 1.85. The van der Waals surface area contributed by atoms with E-state index < -0.39 is 9.84 Å². The molecule has 1 heterocycles. The number of sulfone groups is 1. The summed E-state index contributed by atoms with van der Waals surface area (Å²) >= 11 is 0. The molecular weight excluding hydrogens is 186 g/mol. The minimum absolute atomic E-state index is 0.201. The number of hydrogen-bond acceptors (Lipinski definition) is 3. The van der Waals surface area contributed by atoms with Crippen LogP contribution in [0, 0.1) is 0 Å². The van der Waals surface area contributed by atoms with Crippen molar-refractivity contribution in [1.82, 2.24) is 5.32 Å². The Morgan fingerprint density at radius 2 is 2.23 bits per heavy atom. The lowest BCUT2D eigenvalue weighted by molar-refractivity contribution is 0.447. The van der Waals surface area contributed by atoms with E-state index in [9.17, 15) is 8.42 Å². The molecule has 0 unspecified atom stereocenters. The fraction of sp³-hybridized carbons (Fsp3) is 1.00. The normalized spacial score (nSPS) is 28.9. The summed E-state index contributed by atoms with van der Waals surface area (Å²) in [4.78, 5) is 0. The quantitative estimate of drug-likeness (QED) is 0.743. The molecule has 4 heteroatoms. The molecule has 1 fully saturated rings. The van der Waals surface area contributed by atoms with Gasteiger partial charge in [0.05, 0.1) is 11.5 Å². The Hall–Kier alpha value is -0.0900. The molecule has 0 aromatic carbocycles. The van der Waals surface area contributed by atoms with Crippen LogP contribution in [-0.4, -0.2) is 32.0 Å². The summed E-state index contributed by atoms with van der Waals surface area (Å²) in [7, 11) is -2.72. The minimum Gasteiger partial charge on any atom is -0.310 e. The van der Waals surface area contributed by atoms with Gasteiger partial charge in [-0.1, -0.05) is 13.3 Å². The summed E-state index contributed by atoms with van der Waals surface area (Å²) in [6, 6.07) is 0.648. The van der Waals surface area contributed by atoms with Crippen molar-refractivity contribution in [1.29, 1.82) is 0 Å². The van der Waals surface area contributed by atoms with Crippen molar-refractivity contribution in [2.75, 3.05) is 11.5 Å². The number of rotatable bonds is 4. The van der Waals surface area contributed by atoms with E-state index in [-0.39, 0.29) is 6.04 Å². The van der Waals surface area contributed by atoms with Gasteiger partial charge in [0.1, 0.15) is 0 Å². The number of hydrogen-bond donors (Lipinski definition) is 1. The van der Waals surface area contributed by atoms with Gasteiger partial charge >= 0.3 is 0 Å². The Morgan fingerprint density at radius 3 is 2.69 bits per heavy atom. The van der Waals surface area contributed by atoms with E-state index in [1.165, 1.54) is 0 Å². The first-order chi connectivity index (χ1) is 6.03. The lowest BCUT2D eigenvalue weighted by Crippen LogP contribution is -2.37. The third-order valence-corrected chi connectivity index (χ3v) is 4.24. The zero-order valence-electron chi connectivity index (χ0n) is 8.41. The van der Waals surface area contributed by atoms with E-state index in [1.54, 1.807) is 0 Å². The Bertz CT molecular complexity index is 248. The minimum atomic E-state index is -2.72. The molecule has 0 bridgehead atoms. The summed E-state index contributed by atoms with van der Waals surface area (Å²) in [6.45, 7) is 4.26. The summed E-state index contributed by atoms with van der Waals surface area (Å²) in [5.41, 5.74) is 0. The largest absolute Gasteiger partial charge is 0.310 e. The smallest absolute Gasteiger partial charge is 0.151 e. The zero-order chi connectivity index (χ0) is 9.90. The second kappa shape index (κ2) is 4.42. The van der Waals surface area contributed by atoms with Gasteiger partial charge in [0.25, 0.3) is 0 Å². The average Bonchev–Trinajstić information content (AvgIpc) is 2.30. The van der Waals surface area contributed by atoms with Gasteiger partial charge < -0.3 is 5.32 Å². The van der Waals surface area contributed by atoms with Gasteiger partial charge in [-0.25, -0.2) is 8.42 Å². The molecule has 1 aliphatic heterocycles. The Labute approximate surface area is 80.8 Å². The van der Waals surface area contributed by atoms with Gasteiger partial charge in [-0.05, 0) is 19.8 Å². The van der Waals surface area contributed by atoms with Crippen LogP contribution >= 0.6 is 0 Å². The van der Waals surface area contributed by atoms with E-state index in [2.05, 4.69) is 19.2 Å². The van der Waals surface area contributed by atoms with Crippen LogP contribution in [0.4, 0.5) is 0 Å². The highest BCUT2D eigenvalue weighted by atomic mass is 32.2. The molecule has 2 atom stereocenters. The van der Waals surface area contributed by atoms with Crippen molar-refractivity contribution in [2.24, 2.45) is 0 Å². The Kier molecular flexibility index (Phi) is 3.74. The maximum atomic E-state index is 11.1. The van der Waals surface area contributed by atoms with Crippen molar-refractivity contribution in [3.05, 3.63) is 0 Å². The maximum Gasteiger partial charge on any atom is 0.151 e. The Balaban J connectivity index is 2.32. The predicted molar refractivity (Wildman–Crippen MR) is 54.6 cm³/mol. The third kappa shape index (κ3) is 3.65. The molecule has 78 valence electrons. The van der Waals surface area contributed by atoms with Crippen LogP contribution < -0.4 is 5.32 Å². The third-order valence-electron chi connectivity index (χ3n) is 2.47. The van der Waals surface area contributed by atoms with Gasteiger partial charge in [-0.2, -0.15) is 0 Å². The highest BCUT2D eigenvalue weighted by Crippen LogP contribution is 2.12. The van der Waals surface area contributed by atoms with Crippen LogP contribution in [0.3, 0.4) is 0 Å². The lowest BCUT2D eigenvalue weighted by atomic mass is 10.1. The van der Waals surface area contributed by atoms with Crippen LogP contribution in [-0.2, 0) is 9.84 Å². The molecule has 0 radical (unpaired) electrons. The molecule has 13 heavy (non-hydrogen) atoms. The van der Waals surface area contributed by atoms with Crippen LogP contribution in [0.1, 0.15) is 33.1 Å². The monoisotopic (exact) mass is 205 g/mol. The second-order valence-electron chi connectivity index (χ2n) is 3.96. The lowest BCUT2D eigenvalue weighted by Gasteiger charge is -2.17. The standard InChI is InChI=1S/C9H19NO2S/c1-3-4-8(2)10-9-5-6-13(11,12)7-9/h8-10H,3-7H2,1-2H3/t8-,9-/m1/s1. The molecule has 0 aromatic heterocycles. The summed E-state index contributed by atoms with van der Waals surface area (Å²) in [6.07, 6.45) is 3.06. The average molecular weight is 205 g/mol. The molecular formula is C9H19NO2S. The van der Waals surface area contributed by atoms with Gasteiger partial charge in [-0.3, -0.25) is 0 Å². The van der Waals surface area contributed by atoms with Crippen molar-refractivity contribution >= 4 is 9.84 Å². The highest BCUT2D eigenvalue weighted by molar-refractivity contribution is 7.91. The van der Waals surface area contributed by atoms with Crippen molar-refractivity contribution in [2.45, 2.75) is 45.2 Å². The highest BCUT2D eigenvalue weighted by Gasteiger charge is 2.28. The van der Waals surface area contributed by atoms with E-state index in [0.717, 1.165) is 19.3 Å². The van der Waals surface area contributed by atoms with Gasteiger partial charge in [0.15, 0.2) is 9.84 Å². The van der Waals surface area contributed by atoms with Crippen LogP contribution in [0.2, 0.25) is 0 Å². The predicted octanol–water partition coefficient (Wildman–Crippen LogP) is 0.952. The Morgan fingerprint density at radius 1 is 1.54 bits per heavy atom. The molecule has 0 amide bonds. The van der Waals surface area contributed by atoms with Gasteiger partial charge in [-0.15, -0.1) is 0 Å². The zero-order valence-corrected chi connectivity index (χ0v) is 9.23. The van der Waals surface area contributed by atoms with Gasteiger partial charge in [0.2, 0.25) is 0 Å². The summed E-state index contributed by atoms with van der Waals surface area (Å²) in [5, 5.41) is 3.36. The van der Waals surface area contributed by atoms with Crippen molar-refractivity contribution in [3.63, 3.8) is 0 Å². The topological polar surface area (TPSA) is 46.2 Å². The first-order valence-corrected chi connectivity index (χ1v) is 6.82. The second-order valence-corrected chi connectivity index (χ2v) is 6.19. The van der Waals surface area contributed by atoms with E-state index in [1.807, 2.05) is 0 Å². The number of nitrogens with one attached hydrogen (secondary N) is 1. The molecule has 1 rings (SSSR count). The molecule has 0 aliphatic carbocycles. The molecule has 0 aromatic rings.